The highest BCUT2D eigenvalue weighted by Crippen LogP contribution is 2.35. The average molecular weight is 320 g/mol. The first kappa shape index (κ1) is 16.0. The van der Waals surface area contributed by atoms with Gasteiger partial charge in [-0.15, -0.1) is 0 Å². The van der Waals surface area contributed by atoms with E-state index in [4.69, 9.17) is 0 Å². The number of carbonyl (C=O) groups is 1. The molecule has 1 saturated carbocycles. The molecule has 0 aromatic heterocycles. The zero-order valence-electron chi connectivity index (χ0n) is 11.2. The largest absolute Gasteiger partial charge is 0.417 e. The lowest BCUT2D eigenvalue weighted by atomic mass is 10.0. The number of sulfone groups is 1. The summed E-state index contributed by atoms with van der Waals surface area (Å²) in [5.41, 5.74) is -1.22. The number of benzene rings is 1. The summed E-state index contributed by atoms with van der Waals surface area (Å²) in [5, 5.41) is 0. The molecule has 1 aliphatic rings. The lowest BCUT2D eigenvalue weighted by Crippen LogP contribution is -2.24. The fourth-order valence-electron chi connectivity index (χ4n) is 2.60. The molecule has 0 saturated heterocycles. The lowest BCUT2D eigenvalue weighted by molar-refractivity contribution is -0.140. The van der Waals surface area contributed by atoms with Gasteiger partial charge in [-0.05, 0) is 25.0 Å². The Morgan fingerprint density at radius 2 is 1.71 bits per heavy atom. The van der Waals surface area contributed by atoms with Gasteiger partial charge in [0.05, 0.1) is 10.5 Å². The van der Waals surface area contributed by atoms with Crippen LogP contribution in [0, 0.1) is 5.92 Å². The van der Waals surface area contributed by atoms with Crippen LogP contribution in [0.25, 0.3) is 0 Å². The molecule has 1 aliphatic carbocycles. The minimum Gasteiger partial charge on any atom is -0.298 e. The van der Waals surface area contributed by atoms with Crippen LogP contribution in [0.4, 0.5) is 13.2 Å². The maximum absolute atomic E-state index is 12.9. The van der Waals surface area contributed by atoms with E-state index in [9.17, 15) is 26.4 Å². The van der Waals surface area contributed by atoms with Gasteiger partial charge in [0.25, 0.3) is 0 Å². The molecular formula is C14H15F3O3S. The Hall–Kier alpha value is -1.37. The highest BCUT2D eigenvalue weighted by Gasteiger charge is 2.38. The van der Waals surface area contributed by atoms with Gasteiger partial charge in [0.15, 0.2) is 15.6 Å². The summed E-state index contributed by atoms with van der Waals surface area (Å²) < 4.78 is 62.9. The van der Waals surface area contributed by atoms with Gasteiger partial charge in [-0.2, -0.15) is 13.2 Å². The van der Waals surface area contributed by atoms with Crippen LogP contribution in [-0.4, -0.2) is 20.0 Å². The summed E-state index contributed by atoms with van der Waals surface area (Å²) in [6, 6.07) is 3.97. The summed E-state index contributed by atoms with van der Waals surface area (Å²) in [5.74, 6) is -1.67. The fraction of sp³-hybridized carbons (Fsp3) is 0.500. The maximum atomic E-state index is 12.9. The van der Waals surface area contributed by atoms with Gasteiger partial charge in [0.1, 0.15) is 5.75 Å². The van der Waals surface area contributed by atoms with Gasteiger partial charge >= 0.3 is 6.18 Å². The molecular weight excluding hydrogens is 305 g/mol. The molecule has 116 valence electrons. The molecule has 0 unspecified atom stereocenters. The average Bonchev–Trinajstić information content (AvgIpc) is 2.91. The number of hydrogen-bond donors (Lipinski definition) is 0. The number of ketones is 1. The topological polar surface area (TPSA) is 51.2 Å². The molecule has 0 amide bonds. The van der Waals surface area contributed by atoms with Crippen LogP contribution in [-0.2, 0) is 20.8 Å². The van der Waals surface area contributed by atoms with E-state index in [0.29, 0.717) is 18.9 Å². The van der Waals surface area contributed by atoms with E-state index in [0.717, 1.165) is 25.0 Å². The first-order valence-electron chi connectivity index (χ1n) is 6.63. The number of alkyl halides is 3. The second-order valence-electron chi connectivity index (χ2n) is 5.20. The first-order valence-corrected chi connectivity index (χ1v) is 8.29. The summed E-state index contributed by atoms with van der Waals surface area (Å²) in [7, 11) is -4.28. The molecule has 7 heteroatoms. The van der Waals surface area contributed by atoms with E-state index in [1.54, 1.807) is 0 Å². The molecule has 21 heavy (non-hydrogen) atoms. The fourth-order valence-corrected chi connectivity index (χ4v) is 4.17. The number of halogens is 3. The van der Waals surface area contributed by atoms with Crippen molar-refractivity contribution in [1.82, 2.24) is 0 Å². The zero-order valence-corrected chi connectivity index (χ0v) is 12.0. The van der Waals surface area contributed by atoms with E-state index >= 15 is 0 Å². The van der Waals surface area contributed by atoms with Crippen molar-refractivity contribution < 1.29 is 26.4 Å². The Morgan fingerprint density at radius 3 is 2.29 bits per heavy atom. The van der Waals surface area contributed by atoms with Crippen molar-refractivity contribution >= 4 is 15.6 Å². The predicted molar refractivity (Wildman–Crippen MR) is 70.5 cm³/mol. The van der Waals surface area contributed by atoms with Crippen LogP contribution >= 0.6 is 0 Å². The summed E-state index contributed by atoms with van der Waals surface area (Å²) >= 11 is 0. The van der Waals surface area contributed by atoms with Gasteiger partial charge in [-0.1, -0.05) is 25.0 Å². The molecule has 2 rings (SSSR count). The number of carbonyl (C=O) groups excluding carboxylic acids is 1. The van der Waals surface area contributed by atoms with Crippen LogP contribution in [0.5, 0.6) is 0 Å². The summed E-state index contributed by atoms with van der Waals surface area (Å²) in [4.78, 5) is 11.1. The van der Waals surface area contributed by atoms with Crippen molar-refractivity contribution in [2.75, 3.05) is 5.75 Å². The lowest BCUT2D eigenvalue weighted by Gasteiger charge is -2.14. The number of hydrogen-bond acceptors (Lipinski definition) is 3. The van der Waals surface area contributed by atoms with Crippen molar-refractivity contribution in [1.29, 1.82) is 0 Å². The highest BCUT2D eigenvalue weighted by atomic mass is 32.2. The molecule has 0 spiro atoms. The van der Waals surface area contributed by atoms with Crippen molar-refractivity contribution in [2.24, 2.45) is 5.92 Å². The smallest absolute Gasteiger partial charge is 0.298 e. The molecule has 0 aliphatic heterocycles. The SMILES string of the molecule is O=C(CS(=O)(=O)c1ccccc1C(F)(F)F)C1CCCC1. The molecule has 0 atom stereocenters. The normalized spacial score (nSPS) is 17.1. The van der Waals surface area contributed by atoms with Crippen molar-refractivity contribution in [2.45, 2.75) is 36.8 Å². The molecule has 0 radical (unpaired) electrons. The predicted octanol–water partition coefficient (Wildman–Crippen LogP) is 3.24. The molecule has 0 N–H and O–H groups in total. The third kappa shape index (κ3) is 3.64. The number of Topliss-reactive ketones (excluding diaryl/α,β-unsaturated/α-hetero) is 1. The highest BCUT2D eigenvalue weighted by molar-refractivity contribution is 7.92. The van der Waals surface area contributed by atoms with Gasteiger partial charge in [-0.3, -0.25) is 4.79 Å². The van der Waals surface area contributed by atoms with Crippen LogP contribution in [0.1, 0.15) is 31.2 Å². The minimum absolute atomic E-state index is 0.335. The Morgan fingerprint density at radius 1 is 1.14 bits per heavy atom. The minimum atomic E-state index is -4.76. The Labute approximate surface area is 121 Å². The molecule has 1 fully saturated rings. The number of rotatable bonds is 4. The van der Waals surface area contributed by atoms with E-state index in [2.05, 4.69) is 0 Å². The molecule has 0 bridgehead atoms. The zero-order chi connectivity index (χ0) is 15.7. The van der Waals surface area contributed by atoms with Crippen LogP contribution in [0.3, 0.4) is 0 Å². The van der Waals surface area contributed by atoms with Crippen molar-refractivity contribution in [3.63, 3.8) is 0 Å². The maximum Gasteiger partial charge on any atom is 0.417 e. The first-order chi connectivity index (χ1) is 9.72. The Bertz CT molecular complexity index is 629. The second kappa shape index (κ2) is 5.79. The van der Waals surface area contributed by atoms with Crippen LogP contribution in [0.2, 0.25) is 0 Å². The summed E-state index contributed by atoms with van der Waals surface area (Å²) in [6.07, 6.45) is -1.81. The monoisotopic (exact) mass is 320 g/mol. The third-order valence-electron chi connectivity index (χ3n) is 3.67. The molecule has 1 aromatic carbocycles. The van der Waals surface area contributed by atoms with Crippen LogP contribution in [0.15, 0.2) is 29.2 Å². The van der Waals surface area contributed by atoms with Gasteiger partial charge in [0, 0.05) is 5.92 Å². The van der Waals surface area contributed by atoms with E-state index in [-0.39, 0.29) is 5.92 Å². The van der Waals surface area contributed by atoms with Crippen LogP contribution < -0.4 is 0 Å². The quantitative estimate of drug-likeness (QED) is 0.856. The Balaban J connectivity index is 2.30. The summed E-state index contributed by atoms with van der Waals surface area (Å²) in [6.45, 7) is 0. The van der Waals surface area contributed by atoms with Crippen molar-refractivity contribution in [3.8, 4) is 0 Å². The van der Waals surface area contributed by atoms with Gasteiger partial charge in [-0.25, -0.2) is 8.42 Å². The molecule has 3 nitrogen and oxygen atoms in total. The van der Waals surface area contributed by atoms with E-state index in [1.807, 2.05) is 0 Å². The molecule has 0 heterocycles. The van der Waals surface area contributed by atoms with Crippen molar-refractivity contribution in [3.05, 3.63) is 29.8 Å². The van der Waals surface area contributed by atoms with E-state index in [1.165, 1.54) is 6.07 Å². The standard InChI is InChI=1S/C14H15F3O3S/c15-14(16,17)11-7-3-4-8-13(11)21(19,20)9-12(18)10-5-1-2-6-10/h3-4,7-8,10H,1-2,5-6,9H2. The van der Waals surface area contributed by atoms with Gasteiger partial charge in [0.2, 0.25) is 0 Å². The molecule has 1 aromatic rings. The van der Waals surface area contributed by atoms with E-state index < -0.39 is 38.0 Å². The van der Waals surface area contributed by atoms with Gasteiger partial charge < -0.3 is 0 Å². The second-order valence-corrected chi connectivity index (χ2v) is 7.16. The Kier molecular flexibility index (Phi) is 4.41. The third-order valence-corrected chi connectivity index (χ3v) is 5.36.